The van der Waals surface area contributed by atoms with Crippen molar-refractivity contribution in [3.05, 3.63) is 65.7 Å². The van der Waals surface area contributed by atoms with Gasteiger partial charge in [0.15, 0.2) is 11.6 Å². The smallest absolute Gasteiger partial charge is 0.389 e. The molecule has 0 spiro atoms. The Kier molecular flexibility index (Phi) is 11.9. The van der Waals surface area contributed by atoms with Gasteiger partial charge in [0.1, 0.15) is 5.75 Å². The zero-order valence-corrected chi connectivity index (χ0v) is 23.2. The first-order valence-corrected chi connectivity index (χ1v) is 14.0. The Hall–Kier alpha value is -3.69. The minimum Gasteiger partial charge on any atom is -0.494 e. The van der Waals surface area contributed by atoms with Crippen molar-refractivity contribution in [1.82, 2.24) is 10.6 Å². The van der Waals surface area contributed by atoms with Gasteiger partial charge in [-0.25, -0.2) is 0 Å². The van der Waals surface area contributed by atoms with Crippen LogP contribution in [-0.4, -0.2) is 48.2 Å². The number of ether oxygens (including phenoxy) is 1. The van der Waals surface area contributed by atoms with Crippen LogP contribution in [0.1, 0.15) is 63.0 Å². The number of benzene rings is 2. The molecule has 1 heterocycles. The molecular weight excluding hydrogens is 537 g/mol. The Morgan fingerprint density at radius 1 is 1.02 bits per heavy atom. The molecule has 3 atom stereocenters. The Balaban J connectivity index is 1.89. The maximum absolute atomic E-state index is 13.5. The number of carbonyl (C=O) groups excluding carboxylic acids is 4. The molecule has 10 heteroatoms. The van der Waals surface area contributed by atoms with Crippen LogP contribution < -0.4 is 15.4 Å². The molecule has 0 fully saturated rings. The third-order valence-electron chi connectivity index (χ3n) is 7.06. The van der Waals surface area contributed by atoms with E-state index < -0.39 is 54.6 Å². The lowest BCUT2D eigenvalue weighted by Gasteiger charge is -2.24. The number of rotatable bonds is 7. The van der Waals surface area contributed by atoms with E-state index in [1.807, 2.05) is 36.4 Å². The summed E-state index contributed by atoms with van der Waals surface area (Å²) in [6.45, 7) is 1.61. The van der Waals surface area contributed by atoms with Gasteiger partial charge in [-0.15, -0.1) is 0 Å². The zero-order valence-electron chi connectivity index (χ0n) is 23.2. The molecule has 0 unspecified atom stereocenters. The first-order chi connectivity index (χ1) is 19.5. The van der Waals surface area contributed by atoms with E-state index in [1.54, 1.807) is 18.2 Å². The number of halogens is 3. The third-order valence-corrected chi connectivity index (χ3v) is 7.06. The van der Waals surface area contributed by atoms with Crippen LogP contribution in [0.5, 0.6) is 5.75 Å². The van der Waals surface area contributed by atoms with Crippen LogP contribution >= 0.6 is 0 Å². The van der Waals surface area contributed by atoms with Crippen LogP contribution in [-0.2, 0) is 32.0 Å². The molecule has 1 aliphatic rings. The average Bonchev–Trinajstić information content (AvgIpc) is 2.92. The highest BCUT2D eigenvalue weighted by molar-refractivity contribution is 5.94. The molecular formula is C31H37F3N2O5. The molecule has 2 aromatic rings. The fraction of sp³-hybridized carbons (Fsp3) is 0.484. The summed E-state index contributed by atoms with van der Waals surface area (Å²) in [7, 11) is 0. The molecule has 1 aliphatic heterocycles. The largest absolute Gasteiger partial charge is 0.494 e. The molecule has 222 valence electrons. The van der Waals surface area contributed by atoms with Gasteiger partial charge in [-0.05, 0) is 61.8 Å². The lowest BCUT2D eigenvalue weighted by atomic mass is 9.89. The molecule has 0 aliphatic carbocycles. The molecule has 0 saturated carbocycles. The van der Waals surface area contributed by atoms with E-state index in [9.17, 15) is 32.3 Å². The lowest BCUT2D eigenvalue weighted by Crippen LogP contribution is -2.46. The fourth-order valence-electron chi connectivity index (χ4n) is 4.87. The van der Waals surface area contributed by atoms with Crippen molar-refractivity contribution in [2.75, 3.05) is 6.61 Å². The molecule has 2 N–H and O–H groups in total. The number of nitrogens with one attached hydrogen (secondary N) is 2. The number of hydrogen-bond donors (Lipinski definition) is 2. The van der Waals surface area contributed by atoms with Gasteiger partial charge in [0.2, 0.25) is 11.8 Å². The molecule has 0 saturated heterocycles. The van der Waals surface area contributed by atoms with Gasteiger partial charge in [-0.3, -0.25) is 19.2 Å². The summed E-state index contributed by atoms with van der Waals surface area (Å²) in [5.74, 6) is -2.28. The maximum atomic E-state index is 13.5. The van der Waals surface area contributed by atoms with Crippen molar-refractivity contribution in [1.29, 1.82) is 0 Å². The highest BCUT2D eigenvalue weighted by Crippen LogP contribution is 2.24. The second-order valence-corrected chi connectivity index (χ2v) is 10.5. The summed E-state index contributed by atoms with van der Waals surface area (Å²) in [6.07, 6.45) is -4.64. The SMILES string of the molecule is CC(=O)N[C@H]1Cc2cccc(c2)OCCCC[C@@H](C(=O)CCC(F)(F)F)NC(=O)[C@H](CCc2ccccc2)CC1=O. The summed E-state index contributed by atoms with van der Waals surface area (Å²) in [6, 6.07) is 14.5. The second-order valence-electron chi connectivity index (χ2n) is 10.5. The van der Waals surface area contributed by atoms with Crippen LogP contribution in [0.2, 0.25) is 0 Å². The van der Waals surface area contributed by atoms with Crippen LogP contribution in [0.15, 0.2) is 54.6 Å². The van der Waals surface area contributed by atoms with Crippen molar-refractivity contribution in [2.45, 2.75) is 83.0 Å². The zero-order chi connectivity index (χ0) is 29.8. The average molecular weight is 575 g/mol. The van der Waals surface area contributed by atoms with Gasteiger partial charge >= 0.3 is 6.18 Å². The lowest BCUT2D eigenvalue weighted by molar-refractivity contribution is -0.144. The van der Waals surface area contributed by atoms with Crippen molar-refractivity contribution in [2.24, 2.45) is 5.92 Å². The highest BCUT2D eigenvalue weighted by Gasteiger charge is 2.33. The third kappa shape index (κ3) is 11.4. The molecule has 2 amide bonds. The Morgan fingerprint density at radius 2 is 1.78 bits per heavy atom. The van der Waals surface area contributed by atoms with E-state index in [0.29, 0.717) is 31.6 Å². The number of amides is 2. The van der Waals surface area contributed by atoms with Gasteiger partial charge in [-0.2, -0.15) is 13.2 Å². The number of Topliss-reactive ketones (excluding diaryl/α,β-unsaturated/α-hetero) is 2. The predicted octanol–water partition coefficient (Wildman–Crippen LogP) is 4.90. The van der Waals surface area contributed by atoms with Crippen molar-refractivity contribution >= 4 is 23.4 Å². The quantitative estimate of drug-likeness (QED) is 0.490. The summed E-state index contributed by atoms with van der Waals surface area (Å²) in [5.41, 5.74) is 1.73. The number of fused-ring (bicyclic) bond motifs is 2. The van der Waals surface area contributed by atoms with Gasteiger partial charge < -0.3 is 15.4 Å². The van der Waals surface area contributed by atoms with Crippen LogP contribution in [0.4, 0.5) is 13.2 Å². The van der Waals surface area contributed by atoms with E-state index in [1.165, 1.54) is 6.92 Å². The summed E-state index contributed by atoms with van der Waals surface area (Å²) in [4.78, 5) is 51.8. The van der Waals surface area contributed by atoms with E-state index in [4.69, 9.17) is 4.74 Å². The predicted molar refractivity (Wildman–Crippen MR) is 147 cm³/mol. The van der Waals surface area contributed by atoms with Gasteiger partial charge in [0.05, 0.1) is 25.1 Å². The summed E-state index contributed by atoms with van der Waals surface area (Å²) < 4.78 is 44.3. The minimum atomic E-state index is -4.50. The normalized spacial score (nSPS) is 20.9. The van der Waals surface area contributed by atoms with Crippen molar-refractivity contribution in [3.8, 4) is 5.75 Å². The highest BCUT2D eigenvalue weighted by atomic mass is 19.4. The van der Waals surface area contributed by atoms with Crippen molar-refractivity contribution in [3.63, 3.8) is 0 Å². The van der Waals surface area contributed by atoms with E-state index >= 15 is 0 Å². The van der Waals surface area contributed by atoms with E-state index in [-0.39, 0.29) is 31.5 Å². The Bertz CT molecular complexity index is 1190. The first-order valence-electron chi connectivity index (χ1n) is 14.0. The van der Waals surface area contributed by atoms with E-state index in [2.05, 4.69) is 10.6 Å². The number of hydrogen-bond acceptors (Lipinski definition) is 5. The standard InChI is InChI=1S/C31H37F3N2O5/c1-21(37)35-27-19-23-10-7-11-25(18-23)41-17-6-5-12-26(28(38)15-16-31(32,33)34)36-30(40)24(20-29(27)39)14-13-22-8-3-2-4-9-22/h2-4,7-11,18,24,26-27H,5-6,12-17,19-20H2,1H3,(H,35,37)(H,36,40)/t24-,26+,27+/m1/s1. The van der Waals surface area contributed by atoms with Crippen molar-refractivity contribution < 1.29 is 37.1 Å². The molecule has 0 aromatic heterocycles. The van der Waals surface area contributed by atoms with Gasteiger partial charge in [-0.1, -0.05) is 42.5 Å². The second kappa shape index (κ2) is 15.3. The number of aryl methyl sites for hydroxylation is 1. The van der Waals surface area contributed by atoms with Crippen LogP contribution in [0.3, 0.4) is 0 Å². The maximum Gasteiger partial charge on any atom is 0.389 e. The number of carbonyl (C=O) groups is 4. The molecule has 0 radical (unpaired) electrons. The molecule has 3 rings (SSSR count). The molecule has 41 heavy (non-hydrogen) atoms. The molecule has 2 aromatic carbocycles. The topological polar surface area (TPSA) is 102 Å². The summed E-state index contributed by atoms with van der Waals surface area (Å²) >= 11 is 0. The molecule has 2 bridgehead atoms. The Labute approximate surface area is 238 Å². The molecule has 7 nitrogen and oxygen atoms in total. The van der Waals surface area contributed by atoms with Crippen LogP contribution in [0, 0.1) is 5.92 Å². The number of ketones is 2. The Morgan fingerprint density at radius 3 is 2.49 bits per heavy atom. The van der Waals surface area contributed by atoms with E-state index in [0.717, 1.165) is 11.1 Å². The first kappa shape index (κ1) is 31.8. The van der Waals surface area contributed by atoms with Gasteiger partial charge in [0, 0.05) is 25.7 Å². The summed E-state index contributed by atoms with van der Waals surface area (Å²) in [5, 5.41) is 5.36. The fourth-order valence-corrected chi connectivity index (χ4v) is 4.87. The monoisotopic (exact) mass is 574 g/mol. The van der Waals surface area contributed by atoms with Gasteiger partial charge in [0.25, 0.3) is 0 Å². The minimum absolute atomic E-state index is 0.152. The number of alkyl halides is 3. The van der Waals surface area contributed by atoms with Crippen LogP contribution in [0.25, 0.3) is 0 Å².